The van der Waals surface area contributed by atoms with Crippen LogP contribution in [0.2, 0.25) is 5.02 Å². The Morgan fingerprint density at radius 1 is 1.11 bits per heavy atom. The minimum atomic E-state index is -0.863. The normalized spacial score (nSPS) is 11.8. The van der Waals surface area contributed by atoms with Gasteiger partial charge in [0, 0.05) is 28.6 Å². The highest BCUT2D eigenvalue weighted by Gasteiger charge is 2.13. The Balaban J connectivity index is 1.88. The van der Waals surface area contributed by atoms with Crippen LogP contribution in [0.5, 0.6) is 0 Å². The van der Waals surface area contributed by atoms with Gasteiger partial charge in [-0.2, -0.15) is 0 Å². The Morgan fingerprint density at radius 3 is 2.52 bits per heavy atom. The van der Waals surface area contributed by atoms with Crippen LogP contribution < -0.4 is 5.32 Å². The molecular weight excluding hydrogens is 386 g/mol. The average Bonchev–Trinajstić information content (AvgIpc) is 2.65. The number of carboxylic acids is 1. The van der Waals surface area contributed by atoms with Crippen LogP contribution in [0.3, 0.4) is 0 Å². The minimum absolute atomic E-state index is 0.0470. The van der Waals surface area contributed by atoms with Crippen LogP contribution in [0.15, 0.2) is 53.4 Å². The molecule has 1 amide bonds. The Bertz CT molecular complexity index is 767. The summed E-state index contributed by atoms with van der Waals surface area (Å²) in [6.07, 6.45) is 0.287. The van der Waals surface area contributed by atoms with Crippen molar-refractivity contribution in [2.24, 2.45) is 0 Å². The lowest BCUT2D eigenvalue weighted by atomic mass is 10.2. The summed E-state index contributed by atoms with van der Waals surface area (Å²) in [4.78, 5) is 23.8. The van der Waals surface area contributed by atoms with Gasteiger partial charge in [0.25, 0.3) is 5.91 Å². The van der Waals surface area contributed by atoms with E-state index in [1.165, 1.54) is 11.8 Å². The molecule has 0 aliphatic rings. The number of carbonyl (C=O) groups excluding carboxylic acids is 1. The zero-order chi connectivity index (χ0) is 19.6. The molecule has 0 bridgehead atoms. The molecule has 1 atom stereocenters. The monoisotopic (exact) mass is 407 g/mol. The molecule has 27 heavy (non-hydrogen) atoms. The maximum atomic E-state index is 12.5. The van der Waals surface area contributed by atoms with Gasteiger partial charge in [-0.3, -0.25) is 9.59 Å². The largest absolute Gasteiger partial charge is 0.481 e. The van der Waals surface area contributed by atoms with Crippen molar-refractivity contribution in [1.29, 1.82) is 0 Å². The molecule has 2 aromatic rings. The van der Waals surface area contributed by atoms with E-state index in [4.69, 9.17) is 16.7 Å². The van der Waals surface area contributed by atoms with E-state index in [1.54, 1.807) is 24.3 Å². The molecule has 0 saturated heterocycles. The molecule has 0 fully saturated rings. The summed E-state index contributed by atoms with van der Waals surface area (Å²) in [6, 6.07) is 14.5. The van der Waals surface area contributed by atoms with Gasteiger partial charge in [-0.15, -0.1) is 11.8 Å². The maximum absolute atomic E-state index is 12.5. The van der Waals surface area contributed by atoms with E-state index in [0.717, 1.165) is 10.5 Å². The van der Waals surface area contributed by atoms with Crippen molar-refractivity contribution < 1.29 is 19.8 Å². The molecule has 0 radical (unpaired) electrons. The van der Waals surface area contributed by atoms with Gasteiger partial charge in [-0.25, -0.2) is 0 Å². The van der Waals surface area contributed by atoms with E-state index < -0.39 is 12.1 Å². The number of nitrogens with one attached hydrogen (secondary N) is 1. The van der Waals surface area contributed by atoms with Crippen LogP contribution >= 0.6 is 23.4 Å². The minimum Gasteiger partial charge on any atom is -0.481 e. The summed E-state index contributed by atoms with van der Waals surface area (Å²) in [7, 11) is 0. The predicted octanol–water partition coefficient (Wildman–Crippen LogP) is 3.98. The van der Waals surface area contributed by atoms with Gasteiger partial charge in [0.2, 0.25) is 0 Å². The van der Waals surface area contributed by atoms with Crippen LogP contribution in [0.25, 0.3) is 0 Å². The quantitative estimate of drug-likeness (QED) is 0.518. The van der Waals surface area contributed by atoms with Gasteiger partial charge in [-0.05, 0) is 42.7 Å². The molecule has 2 aromatic carbocycles. The fourth-order valence-corrected chi connectivity index (χ4v) is 3.57. The summed E-state index contributed by atoms with van der Waals surface area (Å²) < 4.78 is 0. The highest BCUT2D eigenvalue weighted by Crippen LogP contribution is 2.24. The van der Waals surface area contributed by atoms with Crippen LogP contribution in [0.4, 0.5) is 0 Å². The van der Waals surface area contributed by atoms with Crippen molar-refractivity contribution in [3.8, 4) is 0 Å². The molecular formula is C20H22ClNO4S. The fourth-order valence-electron chi connectivity index (χ4n) is 2.42. The number of aliphatic hydroxyl groups is 1. The second-order valence-corrected chi connectivity index (χ2v) is 7.55. The van der Waals surface area contributed by atoms with Crippen molar-refractivity contribution in [2.45, 2.75) is 36.8 Å². The van der Waals surface area contributed by atoms with Crippen LogP contribution in [0.1, 0.15) is 35.2 Å². The molecule has 5 nitrogen and oxygen atoms in total. The SMILES string of the molecule is O=C(O)CCCC(O)CSc1ccccc1C(=O)NCc1ccc(Cl)cc1. The summed E-state index contributed by atoms with van der Waals surface area (Å²) in [5, 5.41) is 22.2. The van der Waals surface area contributed by atoms with Crippen molar-refractivity contribution >= 4 is 35.2 Å². The van der Waals surface area contributed by atoms with Gasteiger partial charge < -0.3 is 15.5 Å². The Hall–Kier alpha value is -2.02. The van der Waals surface area contributed by atoms with E-state index in [2.05, 4.69) is 5.32 Å². The van der Waals surface area contributed by atoms with Crippen molar-refractivity contribution in [2.75, 3.05) is 5.75 Å². The molecule has 0 saturated carbocycles. The van der Waals surface area contributed by atoms with Crippen molar-refractivity contribution in [3.63, 3.8) is 0 Å². The Morgan fingerprint density at radius 2 is 1.81 bits per heavy atom. The van der Waals surface area contributed by atoms with Gasteiger partial charge in [0.05, 0.1) is 11.7 Å². The van der Waals surface area contributed by atoms with Crippen molar-refractivity contribution in [1.82, 2.24) is 5.32 Å². The molecule has 0 aliphatic heterocycles. The number of aliphatic hydroxyl groups excluding tert-OH is 1. The number of carboxylic acid groups (broad SMARTS) is 1. The van der Waals surface area contributed by atoms with Gasteiger partial charge in [0.15, 0.2) is 0 Å². The number of thioether (sulfide) groups is 1. The molecule has 0 aliphatic carbocycles. The van der Waals surface area contributed by atoms with Crippen LogP contribution in [0, 0.1) is 0 Å². The zero-order valence-corrected chi connectivity index (χ0v) is 16.3. The third kappa shape index (κ3) is 7.62. The smallest absolute Gasteiger partial charge is 0.303 e. The topological polar surface area (TPSA) is 86.6 Å². The molecule has 7 heteroatoms. The first-order chi connectivity index (χ1) is 13.0. The number of carbonyl (C=O) groups is 2. The van der Waals surface area contributed by atoms with Crippen LogP contribution in [-0.2, 0) is 11.3 Å². The van der Waals surface area contributed by atoms with E-state index in [1.807, 2.05) is 24.3 Å². The lowest BCUT2D eigenvalue weighted by Gasteiger charge is -2.13. The summed E-state index contributed by atoms with van der Waals surface area (Å²) in [6.45, 7) is 0.396. The third-order valence-electron chi connectivity index (χ3n) is 3.86. The zero-order valence-electron chi connectivity index (χ0n) is 14.7. The Kier molecular flexibility index (Phi) is 8.64. The highest BCUT2D eigenvalue weighted by atomic mass is 35.5. The standard InChI is InChI=1S/C20H22ClNO4S/c21-15-10-8-14(9-11-15)12-22-20(26)17-5-1-2-6-18(17)27-13-16(23)4-3-7-19(24)25/h1-2,5-6,8-11,16,23H,3-4,7,12-13H2,(H,22,26)(H,24,25). The predicted molar refractivity (Wildman–Crippen MR) is 107 cm³/mol. The second-order valence-electron chi connectivity index (χ2n) is 6.06. The number of halogens is 1. The van der Waals surface area contributed by atoms with Gasteiger partial charge in [0.1, 0.15) is 0 Å². The first kappa shape index (κ1) is 21.3. The average molecular weight is 408 g/mol. The molecule has 3 N–H and O–H groups in total. The summed E-state index contributed by atoms with van der Waals surface area (Å²) in [5.74, 6) is -0.646. The molecule has 0 spiro atoms. The summed E-state index contributed by atoms with van der Waals surface area (Å²) >= 11 is 7.25. The second kappa shape index (κ2) is 11.0. The molecule has 0 aromatic heterocycles. The van der Waals surface area contributed by atoms with E-state index in [-0.39, 0.29) is 12.3 Å². The van der Waals surface area contributed by atoms with Gasteiger partial charge >= 0.3 is 5.97 Å². The van der Waals surface area contributed by atoms with Gasteiger partial charge in [-0.1, -0.05) is 35.9 Å². The molecule has 0 heterocycles. The third-order valence-corrected chi connectivity index (χ3v) is 5.33. The first-order valence-corrected chi connectivity index (χ1v) is 9.96. The molecule has 144 valence electrons. The van der Waals surface area contributed by atoms with Crippen LogP contribution in [-0.4, -0.2) is 33.9 Å². The van der Waals surface area contributed by atoms with E-state index in [0.29, 0.717) is 35.7 Å². The summed E-state index contributed by atoms with van der Waals surface area (Å²) in [5.41, 5.74) is 1.50. The number of aliphatic carboxylic acids is 1. The number of benzene rings is 2. The highest BCUT2D eigenvalue weighted by molar-refractivity contribution is 7.99. The number of amides is 1. The number of hydrogen-bond donors (Lipinski definition) is 3. The number of hydrogen-bond acceptors (Lipinski definition) is 4. The van der Waals surface area contributed by atoms with Crippen molar-refractivity contribution in [3.05, 3.63) is 64.7 Å². The first-order valence-electron chi connectivity index (χ1n) is 8.60. The van der Waals surface area contributed by atoms with E-state index >= 15 is 0 Å². The lowest BCUT2D eigenvalue weighted by Crippen LogP contribution is -2.23. The fraction of sp³-hybridized carbons (Fsp3) is 0.300. The number of rotatable bonds is 10. The lowest BCUT2D eigenvalue weighted by molar-refractivity contribution is -0.137. The molecule has 2 rings (SSSR count). The Labute approximate surface area is 167 Å². The maximum Gasteiger partial charge on any atom is 0.303 e. The molecule has 1 unspecified atom stereocenters. The van der Waals surface area contributed by atoms with E-state index in [9.17, 15) is 14.7 Å².